The first-order valence-corrected chi connectivity index (χ1v) is 6.95. The lowest BCUT2D eigenvalue weighted by Crippen LogP contribution is -2.14. The maximum atomic E-state index is 4.59. The molecule has 1 aromatic heterocycles. The van der Waals surface area contributed by atoms with Crippen molar-refractivity contribution in [2.45, 2.75) is 59.9 Å². The average molecular weight is 253 g/mol. The fourth-order valence-corrected chi connectivity index (χ4v) is 3.05. The van der Waals surface area contributed by atoms with Crippen LogP contribution < -0.4 is 5.32 Å². The van der Waals surface area contributed by atoms with E-state index < -0.39 is 0 Å². The Hall–Kier alpha value is -0.640. The number of rotatable bonds is 2. The van der Waals surface area contributed by atoms with E-state index in [4.69, 9.17) is 0 Å². The molecule has 4 heteroatoms. The standard InChI is InChI=1S/C13H23N3S/c1-11(2,3)9-15-10(17-16-9)14-8-12(4,5)13(8,6)7/h8H,1-7H3,(H,14,15,16). The van der Waals surface area contributed by atoms with E-state index in [0.717, 1.165) is 11.0 Å². The van der Waals surface area contributed by atoms with Crippen LogP contribution in [0.2, 0.25) is 0 Å². The minimum Gasteiger partial charge on any atom is -0.356 e. The highest BCUT2D eigenvalue weighted by atomic mass is 32.1. The molecule has 0 unspecified atom stereocenters. The van der Waals surface area contributed by atoms with Crippen LogP contribution in [0, 0.1) is 10.8 Å². The third kappa shape index (κ3) is 1.96. The van der Waals surface area contributed by atoms with Crippen molar-refractivity contribution in [2.75, 3.05) is 5.32 Å². The summed E-state index contributed by atoms with van der Waals surface area (Å²) in [5.41, 5.74) is 0.701. The highest BCUT2D eigenvalue weighted by Crippen LogP contribution is 2.63. The first kappa shape index (κ1) is 12.8. The minimum absolute atomic E-state index is 0.0328. The van der Waals surface area contributed by atoms with Crippen LogP contribution in [0.4, 0.5) is 5.13 Å². The summed E-state index contributed by atoms with van der Waals surface area (Å²) in [6, 6.07) is 0.496. The molecule has 1 heterocycles. The van der Waals surface area contributed by atoms with Crippen molar-refractivity contribution in [1.82, 2.24) is 9.36 Å². The topological polar surface area (TPSA) is 37.8 Å². The van der Waals surface area contributed by atoms with Crippen molar-refractivity contribution in [3.63, 3.8) is 0 Å². The zero-order valence-electron chi connectivity index (χ0n) is 11.9. The molecule has 3 nitrogen and oxygen atoms in total. The molecule has 0 atom stereocenters. The molecule has 0 bridgehead atoms. The molecule has 0 radical (unpaired) electrons. The largest absolute Gasteiger partial charge is 0.356 e. The molecule has 96 valence electrons. The van der Waals surface area contributed by atoms with E-state index in [1.165, 1.54) is 11.5 Å². The highest BCUT2D eigenvalue weighted by molar-refractivity contribution is 7.09. The number of nitrogens with one attached hydrogen (secondary N) is 1. The van der Waals surface area contributed by atoms with E-state index in [9.17, 15) is 0 Å². The molecule has 0 aliphatic heterocycles. The summed E-state index contributed by atoms with van der Waals surface area (Å²) in [4.78, 5) is 4.59. The van der Waals surface area contributed by atoms with Gasteiger partial charge in [0.2, 0.25) is 5.13 Å². The lowest BCUT2D eigenvalue weighted by Gasteiger charge is -2.12. The van der Waals surface area contributed by atoms with Gasteiger partial charge in [-0.15, -0.1) is 0 Å². The number of anilines is 1. The second-order valence-electron chi connectivity index (χ2n) is 7.19. The maximum Gasteiger partial charge on any atom is 0.202 e. The Morgan fingerprint density at radius 3 is 2.00 bits per heavy atom. The quantitative estimate of drug-likeness (QED) is 0.873. The maximum absolute atomic E-state index is 4.59. The van der Waals surface area contributed by atoms with E-state index in [2.05, 4.69) is 63.1 Å². The van der Waals surface area contributed by atoms with Gasteiger partial charge in [0.1, 0.15) is 5.82 Å². The summed E-state index contributed by atoms with van der Waals surface area (Å²) < 4.78 is 4.43. The SMILES string of the molecule is CC(C)(C)c1nsc(NC2C(C)(C)C2(C)C)n1. The molecule has 0 spiro atoms. The van der Waals surface area contributed by atoms with Crippen molar-refractivity contribution in [3.8, 4) is 0 Å². The van der Waals surface area contributed by atoms with Gasteiger partial charge in [0.25, 0.3) is 0 Å². The Labute approximate surface area is 108 Å². The van der Waals surface area contributed by atoms with Gasteiger partial charge in [-0.2, -0.15) is 4.37 Å². The molecule has 1 aliphatic carbocycles. The van der Waals surface area contributed by atoms with E-state index in [1.54, 1.807) is 0 Å². The van der Waals surface area contributed by atoms with Crippen molar-refractivity contribution < 1.29 is 0 Å². The molecular weight excluding hydrogens is 230 g/mol. The first-order chi connectivity index (χ1) is 7.57. The molecule has 1 fully saturated rings. The van der Waals surface area contributed by atoms with E-state index in [0.29, 0.717) is 16.9 Å². The van der Waals surface area contributed by atoms with Gasteiger partial charge in [-0.1, -0.05) is 48.5 Å². The average Bonchev–Trinajstić information content (AvgIpc) is 2.58. The van der Waals surface area contributed by atoms with Crippen LogP contribution in [0.25, 0.3) is 0 Å². The molecule has 1 aliphatic rings. The fraction of sp³-hybridized carbons (Fsp3) is 0.846. The van der Waals surface area contributed by atoms with Crippen molar-refractivity contribution >= 4 is 16.7 Å². The molecule has 2 rings (SSSR count). The van der Waals surface area contributed by atoms with Gasteiger partial charge in [0.05, 0.1) is 0 Å². The zero-order chi connectivity index (χ0) is 13.1. The molecule has 1 N–H and O–H groups in total. The molecule has 1 saturated carbocycles. The summed E-state index contributed by atoms with van der Waals surface area (Å²) in [5, 5.41) is 4.49. The number of hydrogen-bond acceptors (Lipinski definition) is 4. The number of hydrogen-bond donors (Lipinski definition) is 1. The van der Waals surface area contributed by atoms with Crippen LogP contribution in [0.15, 0.2) is 0 Å². The Kier molecular flexibility index (Phi) is 2.59. The van der Waals surface area contributed by atoms with Crippen LogP contribution in [-0.4, -0.2) is 15.4 Å². The van der Waals surface area contributed by atoms with Crippen LogP contribution in [0.5, 0.6) is 0 Å². The first-order valence-electron chi connectivity index (χ1n) is 6.17. The van der Waals surface area contributed by atoms with Crippen LogP contribution in [0.3, 0.4) is 0 Å². The Morgan fingerprint density at radius 2 is 1.65 bits per heavy atom. The molecule has 1 aromatic rings. The minimum atomic E-state index is 0.0328. The Morgan fingerprint density at radius 1 is 1.12 bits per heavy atom. The molecule has 17 heavy (non-hydrogen) atoms. The second-order valence-corrected chi connectivity index (χ2v) is 7.95. The summed E-state index contributed by atoms with van der Waals surface area (Å²) in [6.07, 6.45) is 0. The van der Waals surface area contributed by atoms with Gasteiger partial charge in [0, 0.05) is 23.0 Å². The van der Waals surface area contributed by atoms with E-state index in [-0.39, 0.29) is 5.41 Å². The lowest BCUT2D eigenvalue weighted by atomic mass is 9.96. The van der Waals surface area contributed by atoms with E-state index >= 15 is 0 Å². The van der Waals surface area contributed by atoms with Gasteiger partial charge in [0.15, 0.2) is 0 Å². The normalized spacial score (nSPS) is 22.5. The Balaban J connectivity index is 2.10. The Bertz CT molecular complexity index is 412. The summed E-state index contributed by atoms with van der Waals surface area (Å²) in [5.74, 6) is 0.932. The van der Waals surface area contributed by atoms with Gasteiger partial charge >= 0.3 is 0 Å². The molecule has 0 saturated heterocycles. The zero-order valence-corrected chi connectivity index (χ0v) is 12.7. The van der Waals surface area contributed by atoms with Gasteiger partial charge in [-0.05, 0) is 10.8 Å². The summed E-state index contributed by atoms with van der Waals surface area (Å²) in [7, 11) is 0. The monoisotopic (exact) mass is 253 g/mol. The molecule has 0 aromatic carbocycles. The van der Waals surface area contributed by atoms with Crippen LogP contribution in [-0.2, 0) is 5.41 Å². The third-order valence-electron chi connectivity index (χ3n) is 4.39. The smallest absolute Gasteiger partial charge is 0.202 e. The fourth-order valence-electron chi connectivity index (χ4n) is 2.27. The van der Waals surface area contributed by atoms with Crippen LogP contribution >= 0.6 is 11.5 Å². The van der Waals surface area contributed by atoms with Crippen LogP contribution in [0.1, 0.15) is 54.3 Å². The predicted molar refractivity (Wildman–Crippen MR) is 73.6 cm³/mol. The van der Waals surface area contributed by atoms with Crippen molar-refractivity contribution in [2.24, 2.45) is 10.8 Å². The van der Waals surface area contributed by atoms with Crippen molar-refractivity contribution in [1.29, 1.82) is 0 Å². The molecule has 0 amide bonds. The number of aromatic nitrogens is 2. The van der Waals surface area contributed by atoms with Gasteiger partial charge in [-0.3, -0.25) is 0 Å². The van der Waals surface area contributed by atoms with Crippen molar-refractivity contribution in [3.05, 3.63) is 5.82 Å². The third-order valence-corrected chi connectivity index (χ3v) is 5.03. The summed E-state index contributed by atoms with van der Waals surface area (Å²) in [6.45, 7) is 15.6. The predicted octanol–water partition coefficient (Wildman–Crippen LogP) is 3.68. The lowest BCUT2D eigenvalue weighted by molar-refractivity contribution is 0.457. The van der Waals surface area contributed by atoms with Gasteiger partial charge in [-0.25, -0.2) is 4.98 Å². The van der Waals surface area contributed by atoms with Gasteiger partial charge < -0.3 is 5.32 Å². The summed E-state index contributed by atoms with van der Waals surface area (Å²) >= 11 is 1.47. The molecular formula is C13H23N3S. The van der Waals surface area contributed by atoms with E-state index in [1.807, 2.05) is 0 Å². The highest BCUT2D eigenvalue weighted by Gasteiger charge is 2.65. The second kappa shape index (κ2) is 3.44. The number of nitrogens with zero attached hydrogens (tertiary/aromatic N) is 2.